The molecule has 0 bridgehead atoms. The van der Waals surface area contributed by atoms with Crippen molar-refractivity contribution in [2.45, 2.75) is 52.3 Å². The van der Waals surface area contributed by atoms with Crippen LogP contribution in [0, 0.1) is 5.92 Å². The first-order valence-corrected chi connectivity index (χ1v) is 13.0. The summed E-state index contributed by atoms with van der Waals surface area (Å²) >= 11 is 0. The number of methoxy groups -OCH3 is 1. The normalized spacial score (nSPS) is 19.0. The molecule has 1 saturated heterocycles. The number of piperidine rings is 1. The third kappa shape index (κ3) is 6.48. The Labute approximate surface area is 213 Å². The van der Waals surface area contributed by atoms with Crippen LogP contribution in [-0.4, -0.2) is 73.4 Å². The molecule has 196 valence electrons. The molecule has 0 amide bonds. The number of carbonyl (C=O) groups is 1. The minimum atomic E-state index is -0.455. The molecule has 1 fully saturated rings. The van der Waals surface area contributed by atoms with Crippen LogP contribution in [0.1, 0.15) is 48.3 Å². The molecule has 2 aromatic rings. The summed E-state index contributed by atoms with van der Waals surface area (Å²) in [7, 11) is 3.49. The largest absolute Gasteiger partial charge is 0.492 e. The van der Waals surface area contributed by atoms with E-state index in [9.17, 15) is 9.59 Å². The SMILES string of the molecule is COC(=O)c1c(OC[C@@H]2CCCN(C)C2)cc(=O)n2c1CCN(Cc1ccc(OC(C)C)cc1)CC2. The highest BCUT2D eigenvalue weighted by Crippen LogP contribution is 2.26. The second-order valence-electron chi connectivity index (χ2n) is 10.2. The van der Waals surface area contributed by atoms with Crippen molar-refractivity contribution in [1.29, 1.82) is 0 Å². The molecule has 36 heavy (non-hydrogen) atoms. The van der Waals surface area contributed by atoms with Crippen LogP contribution in [0.2, 0.25) is 0 Å². The number of fused-ring (bicyclic) bond motifs is 1. The standard InChI is InChI=1S/C28H39N3O5/c1-20(2)36-23-9-7-21(8-10-23)18-30-13-11-24-27(28(33)34-4)25(16-26(32)31(24)15-14-30)35-19-22-6-5-12-29(3)17-22/h7-10,16,20,22H,5-6,11-15,17-19H2,1-4H3/t22-/m1/s1. The fraction of sp³-hybridized carbons (Fsp3) is 0.571. The molecular formula is C28H39N3O5. The van der Waals surface area contributed by atoms with E-state index in [1.165, 1.54) is 18.7 Å². The summed E-state index contributed by atoms with van der Waals surface area (Å²) in [6.45, 7) is 9.28. The van der Waals surface area contributed by atoms with Crippen molar-refractivity contribution in [3.63, 3.8) is 0 Å². The van der Waals surface area contributed by atoms with Crippen LogP contribution in [0.3, 0.4) is 0 Å². The zero-order chi connectivity index (χ0) is 25.7. The minimum Gasteiger partial charge on any atom is -0.492 e. The summed E-state index contributed by atoms with van der Waals surface area (Å²) < 4.78 is 18.7. The predicted molar refractivity (Wildman–Crippen MR) is 139 cm³/mol. The molecule has 3 heterocycles. The Morgan fingerprint density at radius 1 is 1.11 bits per heavy atom. The molecule has 8 nitrogen and oxygen atoms in total. The lowest BCUT2D eigenvalue weighted by atomic mass is 9.99. The van der Waals surface area contributed by atoms with Gasteiger partial charge in [-0.1, -0.05) is 12.1 Å². The van der Waals surface area contributed by atoms with E-state index in [2.05, 4.69) is 29.0 Å². The lowest BCUT2D eigenvalue weighted by Crippen LogP contribution is -2.35. The summed E-state index contributed by atoms with van der Waals surface area (Å²) in [6.07, 6.45) is 2.92. The van der Waals surface area contributed by atoms with Crippen molar-refractivity contribution in [3.05, 3.63) is 57.5 Å². The molecule has 2 aliphatic rings. The van der Waals surface area contributed by atoms with Crippen molar-refractivity contribution in [1.82, 2.24) is 14.4 Å². The summed E-state index contributed by atoms with van der Waals surface area (Å²) in [6, 6.07) is 9.61. The van der Waals surface area contributed by atoms with E-state index < -0.39 is 5.97 Å². The number of benzene rings is 1. The third-order valence-electron chi connectivity index (χ3n) is 6.97. The third-order valence-corrected chi connectivity index (χ3v) is 6.97. The van der Waals surface area contributed by atoms with Crippen molar-refractivity contribution in [2.75, 3.05) is 46.9 Å². The van der Waals surface area contributed by atoms with Gasteiger partial charge in [0.25, 0.3) is 5.56 Å². The zero-order valence-corrected chi connectivity index (χ0v) is 22.0. The average molecular weight is 498 g/mol. The molecule has 0 radical (unpaired) electrons. The molecule has 2 aliphatic heterocycles. The number of aromatic nitrogens is 1. The Bertz CT molecular complexity index is 1100. The number of nitrogens with zero attached hydrogens (tertiary/aromatic N) is 3. The van der Waals surface area contributed by atoms with Gasteiger partial charge in [-0.3, -0.25) is 9.69 Å². The number of pyridine rings is 1. The first kappa shape index (κ1) is 26.2. The van der Waals surface area contributed by atoms with Crippen LogP contribution in [0.15, 0.2) is 35.1 Å². The number of hydrogen-bond acceptors (Lipinski definition) is 7. The molecule has 0 N–H and O–H groups in total. The van der Waals surface area contributed by atoms with Gasteiger partial charge < -0.3 is 23.7 Å². The first-order valence-electron chi connectivity index (χ1n) is 13.0. The average Bonchev–Trinajstić information content (AvgIpc) is 3.06. The van der Waals surface area contributed by atoms with Gasteiger partial charge in [-0.15, -0.1) is 0 Å². The van der Waals surface area contributed by atoms with Gasteiger partial charge in [0.2, 0.25) is 0 Å². The Hall–Kier alpha value is -2.84. The fourth-order valence-electron chi connectivity index (χ4n) is 5.21. The number of carbonyl (C=O) groups excluding carboxylic acids is 1. The Kier molecular flexibility index (Phi) is 8.69. The van der Waals surface area contributed by atoms with E-state index >= 15 is 0 Å². The summed E-state index contributed by atoms with van der Waals surface area (Å²) in [5, 5.41) is 0. The van der Waals surface area contributed by atoms with E-state index in [1.807, 2.05) is 26.0 Å². The number of likely N-dealkylation sites (tertiary alicyclic amines) is 1. The quantitative estimate of drug-likeness (QED) is 0.519. The number of ether oxygens (including phenoxy) is 3. The van der Waals surface area contributed by atoms with Crippen LogP contribution in [0.25, 0.3) is 0 Å². The highest BCUT2D eigenvalue weighted by Gasteiger charge is 2.27. The zero-order valence-electron chi connectivity index (χ0n) is 22.0. The smallest absolute Gasteiger partial charge is 0.343 e. The molecule has 0 saturated carbocycles. The molecule has 4 rings (SSSR count). The molecule has 0 aliphatic carbocycles. The molecule has 1 atom stereocenters. The van der Waals surface area contributed by atoms with Gasteiger partial charge in [0.1, 0.15) is 17.1 Å². The highest BCUT2D eigenvalue weighted by atomic mass is 16.5. The van der Waals surface area contributed by atoms with Crippen LogP contribution in [0.5, 0.6) is 11.5 Å². The topological polar surface area (TPSA) is 73.2 Å². The van der Waals surface area contributed by atoms with Gasteiger partial charge in [0.15, 0.2) is 0 Å². The van der Waals surface area contributed by atoms with Gasteiger partial charge in [0.05, 0.1) is 19.8 Å². The van der Waals surface area contributed by atoms with Crippen molar-refractivity contribution in [2.24, 2.45) is 5.92 Å². The Morgan fingerprint density at radius 3 is 2.58 bits per heavy atom. The summed E-state index contributed by atoms with van der Waals surface area (Å²) in [4.78, 5) is 30.6. The van der Waals surface area contributed by atoms with E-state index in [-0.39, 0.29) is 11.7 Å². The van der Waals surface area contributed by atoms with Crippen molar-refractivity contribution < 1.29 is 19.0 Å². The van der Waals surface area contributed by atoms with Crippen LogP contribution < -0.4 is 15.0 Å². The predicted octanol–water partition coefficient (Wildman–Crippen LogP) is 3.20. The summed E-state index contributed by atoms with van der Waals surface area (Å²) in [5.41, 5.74) is 2.14. The summed E-state index contributed by atoms with van der Waals surface area (Å²) in [5.74, 6) is 1.13. The maximum absolute atomic E-state index is 13.1. The minimum absolute atomic E-state index is 0.134. The first-order chi connectivity index (χ1) is 17.3. The van der Waals surface area contributed by atoms with Crippen molar-refractivity contribution in [3.8, 4) is 11.5 Å². The molecule has 1 aromatic carbocycles. The Morgan fingerprint density at radius 2 is 1.89 bits per heavy atom. The van der Waals surface area contributed by atoms with E-state index in [4.69, 9.17) is 14.2 Å². The molecule has 1 aromatic heterocycles. The van der Waals surface area contributed by atoms with E-state index in [0.29, 0.717) is 49.0 Å². The Balaban J connectivity index is 1.50. The fourth-order valence-corrected chi connectivity index (χ4v) is 5.21. The number of hydrogen-bond donors (Lipinski definition) is 0. The van der Waals surface area contributed by atoms with Gasteiger partial charge in [-0.05, 0) is 58.0 Å². The number of esters is 1. The molecule has 0 spiro atoms. The van der Waals surface area contributed by atoms with E-state index in [1.54, 1.807) is 4.57 Å². The molecular weight excluding hydrogens is 458 g/mol. The molecule has 0 unspecified atom stereocenters. The second-order valence-corrected chi connectivity index (χ2v) is 10.2. The maximum atomic E-state index is 13.1. The highest BCUT2D eigenvalue weighted by molar-refractivity contribution is 5.93. The lowest BCUT2D eigenvalue weighted by molar-refractivity contribution is 0.0590. The van der Waals surface area contributed by atoms with Gasteiger partial charge in [0, 0.05) is 56.8 Å². The van der Waals surface area contributed by atoms with Gasteiger partial charge in [-0.2, -0.15) is 0 Å². The van der Waals surface area contributed by atoms with Crippen molar-refractivity contribution >= 4 is 5.97 Å². The molecule has 8 heteroatoms. The van der Waals surface area contributed by atoms with Gasteiger partial charge >= 0.3 is 5.97 Å². The van der Waals surface area contributed by atoms with Gasteiger partial charge in [-0.25, -0.2) is 4.79 Å². The lowest BCUT2D eigenvalue weighted by Gasteiger charge is -2.29. The van der Waals surface area contributed by atoms with Crippen LogP contribution >= 0.6 is 0 Å². The second kappa shape index (κ2) is 11.9. The van der Waals surface area contributed by atoms with Crippen LogP contribution in [0.4, 0.5) is 0 Å². The number of rotatable bonds is 8. The van der Waals surface area contributed by atoms with Crippen LogP contribution in [-0.2, 0) is 24.2 Å². The maximum Gasteiger partial charge on any atom is 0.343 e. The van der Waals surface area contributed by atoms with E-state index in [0.717, 1.165) is 44.8 Å². The monoisotopic (exact) mass is 497 g/mol.